The molecule has 0 spiro atoms. The lowest BCUT2D eigenvalue weighted by atomic mass is 9.73. The Balaban J connectivity index is 2.61. The van der Waals surface area contributed by atoms with Gasteiger partial charge in [-0.25, -0.2) is 0 Å². The van der Waals surface area contributed by atoms with Crippen molar-refractivity contribution in [3.05, 3.63) is 23.3 Å². The zero-order valence-electron chi connectivity index (χ0n) is 11.5. The molecule has 0 aromatic rings. The van der Waals surface area contributed by atoms with Crippen molar-refractivity contribution in [2.45, 2.75) is 47.0 Å². The van der Waals surface area contributed by atoms with Gasteiger partial charge in [-0.05, 0) is 54.7 Å². The largest absolute Gasteiger partial charge is 0.392 e. The quantitative estimate of drug-likeness (QED) is 0.683. The summed E-state index contributed by atoms with van der Waals surface area (Å²) in [6.07, 6.45) is 7.53. The van der Waals surface area contributed by atoms with Crippen LogP contribution in [0, 0.1) is 23.2 Å². The Morgan fingerprint density at radius 3 is 2.71 bits per heavy atom. The second-order valence-electron chi connectivity index (χ2n) is 5.89. The highest BCUT2D eigenvalue weighted by Gasteiger charge is 2.25. The summed E-state index contributed by atoms with van der Waals surface area (Å²) in [5.41, 5.74) is 2.62. The minimum atomic E-state index is 0.0751. The summed E-state index contributed by atoms with van der Waals surface area (Å²) >= 11 is 0. The van der Waals surface area contributed by atoms with Gasteiger partial charge >= 0.3 is 0 Å². The van der Waals surface area contributed by atoms with Crippen LogP contribution in [0.15, 0.2) is 23.3 Å². The van der Waals surface area contributed by atoms with E-state index in [1.165, 1.54) is 12.0 Å². The number of aliphatic hydroxyl groups is 1. The first kappa shape index (κ1) is 14.1. The topological polar surface area (TPSA) is 20.2 Å². The fourth-order valence-corrected chi connectivity index (χ4v) is 2.10. The lowest BCUT2D eigenvalue weighted by Gasteiger charge is -2.32. The zero-order chi connectivity index (χ0) is 12.9. The summed E-state index contributed by atoms with van der Waals surface area (Å²) in [6.45, 7) is 8.96. The molecule has 1 aliphatic rings. The Morgan fingerprint density at radius 2 is 2.24 bits per heavy atom. The van der Waals surface area contributed by atoms with E-state index in [1.807, 2.05) is 6.92 Å². The van der Waals surface area contributed by atoms with Crippen molar-refractivity contribution in [3.63, 3.8) is 0 Å². The van der Waals surface area contributed by atoms with Crippen LogP contribution in [0.4, 0.5) is 0 Å². The summed E-state index contributed by atoms with van der Waals surface area (Å²) in [5.74, 6) is 7.08. The molecule has 1 unspecified atom stereocenters. The average molecular weight is 232 g/mol. The molecule has 1 nitrogen and oxygen atoms in total. The number of hydrogen-bond acceptors (Lipinski definition) is 1. The lowest BCUT2D eigenvalue weighted by molar-refractivity contribution is 0.222. The standard InChI is InChI=1S/C16H24O/c1-13(11-12-17)5-6-14-7-9-15(10-8-14)16(2,3)4/h7,11,15,17H,8-10,12H2,1-4H3/b13-11+. The van der Waals surface area contributed by atoms with E-state index < -0.39 is 0 Å². The van der Waals surface area contributed by atoms with Crippen molar-refractivity contribution >= 4 is 0 Å². The van der Waals surface area contributed by atoms with Gasteiger partial charge in [0.15, 0.2) is 0 Å². The average Bonchev–Trinajstić information content (AvgIpc) is 2.26. The molecule has 0 heterocycles. The van der Waals surface area contributed by atoms with Gasteiger partial charge in [0.1, 0.15) is 0 Å². The molecule has 1 aliphatic carbocycles. The van der Waals surface area contributed by atoms with Crippen LogP contribution in [-0.4, -0.2) is 11.7 Å². The predicted octanol–water partition coefficient (Wildman–Crippen LogP) is 3.70. The molecular weight excluding hydrogens is 208 g/mol. The van der Waals surface area contributed by atoms with Crippen LogP contribution in [0.5, 0.6) is 0 Å². The summed E-state index contributed by atoms with van der Waals surface area (Å²) in [7, 11) is 0. The molecule has 0 saturated carbocycles. The Labute approximate surface area is 106 Å². The monoisotopic (exact) mass is 232 g/mol. The Morgan fingerprint density at radius 1 is 1.53 bits per heavy atom. The van der Waals surface area contributed by atoms with Gasteiger partial charge in [-0.2, -0.15) is 0 Å². The van der Waals surface area contributed by atoms with Crippen molar-refractivity contribution in [3.8, 4) is 11.8 Å². The first-order chi connectivity index (χ1) is 7.93. The second kappa shape index (κ2) is 6.07. The molecule has 0 aromatic heterocycles. The third-order valence-electron chi connectivity index (χ3n) is 3.45. The minimum absolute atomic E-state index is 0.0751. The molecule has 0 aliphatic heterocycles. The van der Waals surface area contributed by atoms with E-state index in [0.29, 0.717) is 5.41 Å². The van der Waals surface area contributed by atoms with Gasteiger partial charge < -0.3 is 5.11 Å². The van der Waals surface area contributed by atoms with Crippen molar-refractivity contribution in [2.75, 3.05) is 6.61 Å². The molecule has 0 amide bonds. The smallest absolute Gasteiger partial charge is 0.0624 e. The SMILES string of the molecule is C/C(C#CC1=CCC(C(C)(C)C)CC1)=C\CO. The molecule has 1 N–H and O–H groups in total. The van der Waals surface area contributed by atoms with Crippen LogP contribution in [-0.2, 0) is 0 Å². The third-order valence-corrected chi connectivity index (χ3v) is 3.45. The molecule has 0 aromatic carbocycles. The number of rotatable bonds is 1. The highest BCUT2D eigenvalue weighted by Crippen LogP contribution is 2.36. The van der Waals surface area contributed by atoms with Crippen LogP contribution in [0.3, 0.4) is 0 Å². The second-order valence-corrected chi connectivity index (χ2v) is 5.89. The highest BCUT2D eigenvalue weighted by molar-refractivity contribution is 5.37. The normalized spacial score (nSPS) is 21.6. The predicted molar refractivity (Wildman–Crippen MR) is 73.5 cm³/mol. The lowest BCUT2D eigenvalue weighted by Crippen LogP contribution is -2.21. The fraction of sp³-hybridized carbons (Fsp3) is 0.625. The van der Waals surface area contributed by atoms with E-state index in [2.05, 4.69) is 38.7 Å². The van der Waals surface area contributed by atoms with E-state index in [9.17, 15) is 0 Å². The summed E-state index contributed by atoms with van der Waals surface area (Å²) in [4.78, 5) is 0. The van der Waals surface area contributed by atoms with Gasteiger partial charge in [0.2, 0.25) is 0 Å². The molecule has 0 fully saturated rings. The first-order valence-corrected chi connectivity index (χ1v) is 6.42. The molecule has 94 valence electrons. The summed E-state index contributed by atoms with van der Waals surface area (Å²) in [5, 5.41) is 8.74. The fourth-order valence-electron chi connectivity index (χ4n) is 2.10. The van der Waals surface area contributed by atoms with E-state index >= 15 is 0 Å². The Bertz CT molecular complexity index is 369. The summed E-state index contributed by atoms with van der Waals surface area (Å²) < 4.78 is 0. The molecular formula is C16H24O. The van der Waals surface area contributed by atoms with Gasteiger partial charge in [-0.1, -0.05) is 38.7 Å². The minimum Gasteiger partial charge on any atom is -0.392 e. The van der Waals surface area contributed by atoms with Crippen molar-refractivity contribution in [2.24, 2.45) is 11.3 Å². The van der Waals surface area contributed by atoms with Crippen LogP contribution >= 0.6 is 0 Å². The third kappa shape index (κ3) is 4.79. The van der Waals surface area contributed by atoms with Gasteiger partial charge in [-0.3, -0.25) is 0 Å². The molecule has 17 heavy (non-hydrogen) atoms. The maximum absolute atomic E-state index is 8.74. The van der Waals surface area contributed by atoms with Crippen LogP contribution in [0.25, 0.3) is 0 Å². The summed E-state index contributed by atoms with van der Waals surface area (Å²) in [6, 6.07) is 0. The van der Waals surface area contributed by atoms with E-state index in [4.69, 9.17) is 5.11 Å². The van der Waals surface area contributed by atoms with Crippen molar-refractivity contribution in [1.82, 2.24) is 0 Å². The molecule has 1 heteroatoms. The molecule has 0 radical (unpaired) electrons. The van der Waals surface area contributed by atoms with Gasteiger partial charge in [0.25, 0.3) is 0 Å². The maximum Gasteiger partial charge on any atom is 0.0624 e. The van der Waals surface area contributed by atoms with Gasteiger partial charge in [-0.15, -0.1) is 0 Å². The number of hydrogen-bond donors (Lipinski definition) is 1. The first-order valence-electron chi connectivity index (χ1n) is 6.42. The zero-order valence-corrected chi connectivity index (χ0v) is 11.5. The Hall–Kier alpha value is -1.00. The van der Waals surface area contributed by atoms with Gasteiger partial charge in [0.05, 0.1) is 6.61 Å². The van der Waals surface area contributed by atoms with Crippen LogP contribution < -0.4 is 0 Å². The molecule has 0 saturated heterocycles. The molecule has 0 bridgehead atoms. The van der Waals surface area contributed by atoms with Crippen LogP contribution in [0.1, 0.15) is 47.0 Å². The van der Waals surface area contributed by atoms with E-state index in [-0.39, 0.29) is 6.61 Å². The molecule has 1 rings (SSSR count). The van der Waals surface area contributed by atoms with Gasteiger partial charge in [0, 0.05) is 0 Å². The van der Waals surface area contributed by atoms with Crippen LogP contribution in [0.2, 0.25) is 0 Å². The number of allylic oxidation sites excluding steroid dienone is 3. The molecule has 1 atom stereocenters. The van der Waals surface area contributed by atoms with Crippen molar-refractivity contribution < 1.29 is 5.11 Å². The maximum atomic E-state index is 8.74. The van der Waals surface area contributed by atoms with E-state index in [1.54, 1.807) is 6.08 Å². The van der Waals surface area contributed by atoms with E-state index in [0.717, 1.165) is 24.3 Å². The van der Waals surface area contributed by atoms with Crippen molar-refractivity contribution in [1.29, 1.82) is 0 Å². The number of aliphatic hydroxyl groups excluding tert-OH is 1. The highest BCUT2D eigenvalue weighted by atomic mass is 16.2. The Kier molecular flexibility index (Phi) is 5.02.